The van der Waals surface area contributed by atoms with E-state index in [0.29, 0.717) is 16.7 Å². The summed E-state index contributed by atoms with van der Waals surface area (Å²) in [5.41, 5.74) is 2.43. The Morgan fingerprint density at radius 2 is 1.78 bits per heavy atom. The molecule has 0 amide bonds. The standard InChI is InChI=1S/C26H30N2O7S2/c1-7-28-26(35-37(32,33)19-10-8-15(2)9-11-19)21(13-27-28)23(29)20-12-16(3)25-22(18(20)5)24(34-6)17(4)14-36(25,30)31/h8-13,17,24H,7,14H2,1-6H3. The highest BCUT2D eigenvalue weighted by molar-refractivity contribution is 7.91. The van der Waals surface area contributed by atoms with Crippen molar-refractivity contribution in [1.29, 1.82) is 0 Å². The van der Waals surface area contributed by atoms with Gasteiger partial charge in [0.1, 0.15) is 10.5 Å². The van der Waals surface area contributed by atoms with Gasteiger partial charge in [0.15, 0.2) is 15.6 Å². The molecule has 1 aliphatic heterocycles. The number of ether oxygens (including phenoxy) is 1. The van der Waals surface area contributed by atoms with Crippen LogP contribution in [-0.2, 0) is 31.2 Å². The highest BCUT2D eigenvalue weighted by atomic mass is 32.2. The number of ketones is 1. The molecule has 2 heterocycles. The van der Waals surface area contributed by atoms with Crippen LogP contribution in [0, 0.1) is 26.7 Å². The molecule has 2 unspecified atom stereocenters. The lowest BCUT2D eigenvalue weighted by Gasteiger charge is -2.33. The zero-order valence-corrected chi connectivity index (χ0v) is 23.2. The van der Waals surface area contributed by atoms with Gasteiger partial charge in [0.25, 0.3) is 0 Å². The Labute approximate surface area is 217 Å². The number of hydrogen-bond donors (Lipinski definition) is 0. The van der Waals surface area contributed by atoms with Crippen LogP contribution in [0.4, 0.5) is 0 Å². The number of carbonyl (C=O) groups is 1. The van der Waals surface area contributed by atoms with Gasteiger partial charge in [0.05, 0.1) is 22.9 Å². The summed E-state index contributed by atoms with van der Waals surface area (Å²) in [5.74, 6) is -1.09. The van der Waals surface area contributed by atoms with Crippen LogP contribution in [0.1, 0.15) is 58.1 Å². The summed E-state index contributed by atoms with van der Waals surface area (Å²) in [6, 6.07) is 7.70. The number of nitrogens with zero attached hydrogens (tertiary/aromatic N) is 2. The smallest absolute Gasteiger partial charge is 0.340 e. The fourth-order valence-electron chi connectivity index (χ4n) is 4.91. The molecule has 0 saturated carbocycles. The van der Waals surface area contributed by atoms with E-state index in [1.165, 1.54) is 36.2 Å². The monoisotopic (exact) mass is 546 g/mol. The first-order chi connectivity index (χ1) is 17.3. The van der Waals surface area contributed by atoms with Crippen LogP contribution in [-0.4, -0.2) is 45.3 Å². The van der Waals surface area contributed by atoms with Gasteiger partial charge in [0, 0.05) is 30.7 Å². The molecule has 0 bridgehead atoms. The summed E-state index contributed by atoms with van der Waals surface area (Å²) < 4.78 is 64.6. The molecule has 0 N–H and O–H groups in total. The fraction of sp³-hybridized carbons (Fsp3) is 0.385. The summed E-state index contributed by atoms with van der Waals surface area (Å²) in [6.45, 7) is 8.96. The van der Waals surface area contributed by atoms with Gasteiger partial charge in [-0.15, -0.1) is 0 Å². The van der Waals surface area contributed by atoms with E-state index >= 15 is 0 Å². The Morgan fingerprint density at radius 1 is 1.14 bits per heavy atom. The molecule has 4 rings (SSSR count). The number of carbonyl (C=O) groups excluding carboxylic acids is 1. The van der Waals surface area contributed by atoms with Crippen LogP contribution < -0.4 is 4.18 Å². The summed E-state index contributed by atoms with van der Waals surface area (Å²) in [7, 11) is -6.31. The Bertz CT molecular complexity index is 1590. The first-order valence-electron chi connectivity index (χ1n) is 11.8. The van der Waals surface area contributed by atoms with Crippen molar-refractivity contribution in [2.24, 2.45) is 5.92 Å². The quantitative estimate of drug-likeness (QED) is 0.323. The second-order valence-corrected chi connectivity index (χ2v) is 12.9. The Balaban J connectivity index is 1.85. The number of rotatable bonds is 7. The summed E-state index contributed by atoms with van der Waals surface area (Å²) in [6.07, 6.45) is 0.758. The van der Waals surface area contributed by atoms with Crippen molar-refractivity contribution < 1.29 is 30.6 Å². The van der Waals surface area contributed by atoms with Crippen LogP contribution in [0.25, 0.3) is 0 Å². The van der Waals surface area contributed by atoms with Crippen LogP contribution in [0.5, 0.6) is 5.88 Å². The van der Waals surface area contributed by atoms with Crippen LogP contribution in [0.2, 0.25) is 0 Å². The van der Waals surface area contributed by atoms with Crippen molar-refractivity contribution in [2.45, 2.75) is 57.1 Å². The predicted octanol–water partition coefficient (Wildman–Crippen LogP) is 3.94. The Morgan fingerprint density at radius 3 is 2.38 bits per heavy atom. The van der Waals surface area contributed by atoms with Crippen molar-refractivity contribution >= 4 is 25.7 Å². The lowest BCUT2D eigenvalue weighted by Crippen LogP contribution is -2.31. The number of sulfone groups is 1. The molecule has 1 aliphatic rings. The molecule has 0 saturated heterocycles. The first-order valence-corrected chi connectivity index (χ1v) is 14.9. The minimum atomic E-state index is -4.25. The molecular weight excluding hydrogens is 516 g/mol. The molecular formula is C26H30N2O7S2. The van der Waals surface area contributed by atoms with Gasteiger partial charge in [-0.2, -0.15) is 13.5 Å². The topological polar surface area (TPSA) is 122 Å². The average Bonchev–Trinajstić information content (AvgIpc) is 3.22. The van der Waals surface area contributed by atoms with Crippen LogP contribution in [0.3, 0.4) is 0 Å². The molecule has 11 heteroatoms. The average molecular weight is 547 g/mol. The maximum atomic E-state index is 13.8. The van der Waals surface area contributed by atoms with Gasteiger partial charge in [0.2, 0.25) is 5.88 Å². The Hall–Kier alpha value is -3.02. The van der Waals surface area contributed by atoms with Gasteiger partial charge in [-0.3, -0.25) is 4.79 Å². The van der Waals surface area contributed by atoms with E-state index in [9.17, 15) is 21.6 Å². The van der Waals surface area contributed by atoms with Crippen LogP contribution in [0.15, 0.2) is 46.3 Å². The summed E-state index contributed by atoms with van der Waals surface area (Å²) in [4.78, 5) is 14.0. The molecule has 2 atom stereocenters. The van der Waals surface area contributed by atoms with E-state index in [-0.39, 0.29) is 45.0 Å². The number of methoxy groups -OCH3 is 1. The van der Waals surface area contributed by atoms with E-state index in [1.54, 1.807) is 39.8 Å². The van der Waals surface area contributed by atoms with Gasteiger partial charge >= 0.3 is 10.1 Å². The number of aryl methyl sites for hydroxylation is 3. The number of benzene rings is 2. The normalized spacial score (nSPS) is 18.9. The van der Waals surface area contributed by atoms with E-state index in [2.05, 4.69) is 5.10 Å². The van der Waals surface area contributed by atoms with E-state index in [0.717, 1.165) is 5.56 Å². The molecule has 0 fully saturated rings. The lowest BCUT2D eigenvalue weighted by atomic mass is 9.87. The summed E-state index contributed by atoms with van der Waals surface area (Å²) in [5, 5.41) is 4.16. The van der Waals surface area contributed by atoms with Crippen molar-refractivity contribution in [1.82, 2.24) is 9.78 Å². The Kier molecular flexibility index (Phi) is 7.08. The molecule has 3 aromatic rings. The third-order valence-electron chi connectivity index (χ3n) is 6.70. The zero-order valence-electron chi connectivity index (χ0n) is 21.6. The van der Waals surface area contributed by atoms with E-state index in [4.69, 9.17) is 8.92 Å². The number of fused-ring (bicyclic) bond motifs is 1. The molecule has 1 aromatic heterocycles. The van der Waals surface area contributed by atoms with E-state index < -0.39 is 31.8 Å². The van der Waals surface area contributed by atoms with Crippen molar-refractivity contribution in [3.63, 3.8) is 0 Å². The van der Waals surface area contributed by atoms with E-state index in [1.807, 2.05) is 6.92 Å². The van der Waals surface area contributed by atoms with Crippen molar-refractivity contribution in [2.75, 3.05) is 12.9 Å². The third-order valence-corrected chi connectivity index (χ3v) is 10.1. The SMILES string of the molecule is CCn1ncc(C(=O)c2cc(C)c3c(c2C)C(OC)C(C)CS3(=O)=O)c1OS(=O)(=O)c1ccc(C)cc1. The van der Waals surface area contributed by atoms with Gasteiger partial charge in [-0.1, -0.05) is 24.6 Å². The number of hydrogen-bond acceptors (Lipinski definition) is 8. The molecule has 37 heavy (non-hydrogen) atoms. The zero-order chi connectivity index (χ0) is 27.3. The van der Waals surface area contributed by atoms with Gasteiger partial charge < -0.3 is 8.92 Å². The highest BCUT2D eigenvalue weighted by Gasteiger charge is 2.40. The minimum Gasteiger partial charge on any atom is -0.376 e. The first kappa shape index (κ1) is 27.0. The fourth-order valence-corrected chi connectivity index (χ4v) is 8.04. The second-order valence-electron chi connectivity index (χ2n) is 9.38. The molecule has 9 nitrogen and oxygen atoms in total. The molecule has 0 spiro atoms. The molecule has 0 aliphatic carbocycles. The number of aromatic nitrogens is 2. The third kappa shape index (κ3) is 4.71. The largest absolute Gasteiger partial charge is 0.376 e. The van der Waals surface area contributed by atoms with Gasteiger partial charge in [-0.05, 0) is 57.0 Å². The van der Waals surface area contributed by atoms with Crippen molar-refractivity contribution in [3.05, 3.63) is 69.9 Å². The highest BCUT2D eigenvalue weighted by Crippen LogP contribution is 2.43. The van der Waals surface area contributed by atoms with Crippen molar-refractivity contribution in [3.8, 4) is 5.88 Å². The second kappa shape index (κ2) is 9.70. The molecule has 2 aromatic carbocycles. The predicted molar refractivity (Wildman–Crippen MR) is 137 cm³/mol. The maximum Gasteiger partial charge on any atom is 0.340 e. The molecule has 198 valence electrons. The van der Waals surface area contributed by atoms with Gasteiger partial charge in [-0.25, -0.2) is 13.1 Å². The van der Waals surface area contributed by atoms with Crippen LogP contribution >= 0.6 is 0 Å². The minimum absolute atomic E-state index is 0.0410. The maximum absolute atomic E-state index is 13.8. The summed E-state index contributed by atoms with van der Waals surface area (Å²) >= 11 is 0. The lowest BCUT2D eigenvalue weighted by molar-refractivity contribution is 0.0602. The molecule has 0 radical (unpaired) electrons.